The summed E-state index contributed by atoms with van der Waals surface area (Å²) in [5.41, 5.74) is 4.19. The lowest BCUT2D eigenvalue weighted by atomic mass is 9.92. The van der Waals surface area contributed by atoms with Crippen molar-refractivity contribution in [1.82, 2.24) is 5.43 Å². The molecule has 3 unspecified atom stereocenters. The molecule has 6 N–H and O–H groups in total. The first-order valence-electron chi connectivity index (χ1n) is 10.3. The average Bonchev–Trinajstić information content (AvgIpc) is 2.73. The number of benzene rings is 1. The van der Waals surface area contributed by atoms with Gasteiger partial charge in [0.1, 0.15) is 6.07 Å². The number of carboxylic acid groups (broad SMARTS) is 1. The van der Waals surface area contributed by atoms with E-state index >= 15 is 0 Å². The molecule has 4 atom stereocenters. The van der Waals surface area contributed by atoms with Crippen LogP contribution in [0.2, 0.25) is 0 Å². The van der Waals surface area contributed by atoms with Crippen molar-refractivity contribution < 1.29 is 38.1 Å². The summed E-state index contributed by atoms with van der Waals surface area (Å²) in [5, 5.41) is 40.0. The fourth-order valence-electron chi connectivity index (χ4n) is 3.11. The zero-order valence-electron chi connectivity index (χ0n) is 18.3. The molecule has 0 saturated heterocycles. The van der Waals surface area contributed by atoms with E-state index in [1.54, 1.807) is 6.07 Å². The van der Waals surface area contributed by atoms with Crippen molar-refractivity contribution in [3.8, 4) is 6.07 Å². The average molecular weight is 474 g/mol. The molecule has 0 aromatic heterocycles. The third-order valence-electron chi connectivity index (χ3n) is 5.16. The number of anilines is 1. The van der Waals surface area contributed by atoms with E-state index in [2.05, 4.69) is 5.43 Å². The number of nitrogens with two attached hydrogens (primary N) is 1. The SMILES string of the molecule is CC(O)CC(O)C(C)C(=O)NN(c1ccc(C(F)(F)F)cc1)[C@@](C#N)(CCCCN)C(=O)O. The highest BCUT2D eigenvalue weighted by Crippen LogP contribution is 2.33. The zero-order chi connectivity index (χ0) is 25.4. The molecule has 0 heterocycles. The van der Waals surface area contributed by atoms with Crippen molar-refractivity contribution in [2.24, 2.45) is 11.7 Å². The molecule has 1 aromatic rings. The molecular weight excluding hydrogens is 445 g/mol. The summed E-state index contributed by atoms with van der Waals surface area (Å²) in [6, 6.07) is 4.95. The molecule has 1 aromatic carbocycles. The molecule has 0 fully saturated rings. The van der Waals surface area contributed by atoms with Gasteiger partial charge in [-0.2, -0.15) is 18.4 Å². The predicted octanol–water partition coefficient (Wildman–Crippen LogP) is 1.79. The molecule has 33 heavy (non-hydrogen) atoms. The highest BCUT2D eigenvalue weighted by atomic mass is 19.4. The van der Waals surface area contributed by atoms with Crippen LogP contribution >= 0.6 is 0 Å². The lowest BCUT2D eigenvalue weighted by Crippen LogP contribution is -2.62. The Kier molecular flexibility index (Phi) is 10.1. The Morgan fingerprint density at radius 1 is 1.18 bits per heavy atom. The van der Waals surface area contributed by atoms with Crippen molar-refractivity contribution in [2.75, 3.05) is 11.6 Å². The number of hydrazine groups is 1. The number of carboxylic acids is 1. The number of alkyl halides is 3. The lowest BCUT2D eigenvalue weighted by molar-refractivity contribution is -0.142. The Bertz CT molecular complexity index is 842. The second kappa shape index (κ2) is 11.8. The molecule has 0 saturated carbocycles. The fourth-order valence-corrected chi connectivity index (χ4v) is 3.11. The van der Waals surface area contributed by atoms with E-state index in [4.69, 9.17) is 5.73 Å². The maximum Gasteiger partial charge on any atom is 0.416 e. The van der Waals surface area contributed by atoms with Gasteiger partial charge in [-0.1, -0.05) is 6.92 Å². The van der Waals surface area contributed by atoms with Gasteiger partial charge in [0.15, 0.2) is 0 Å². The van der Waals surface area contributed by atoms with Crippen LogP contribution in [0.4, 0.5) is 18.9 Å². The third-order valence-corrected chi connectivity index (χ3v) is 5.16. The van der Waals surface area contributed by atoms with Gasteiger partial charge >= 0.3 is 12.1 Å². The summed E-state index contributed by atoms with van der Waals surface area (Å²) in [6.07, 6.45) is -6.74. The van der Waals surface area contributed by atoms with Gasteiger partial charge in [0.05, 0.1) is 29.4 Å². The fraction of sp³-hybridized carbons (Fsp3) is 0.571. The van der Waals surface area contributed by atoms with Gasteiger partial charge in [-0.25, -0.2) is 4.79 Å². The normalized spacial score (nSPS) is 16.1. The summed E-state index contributed by atoms with van der Waals surface area (Å²) >= 11 is 0. The Morgan fingerprint density at radius 3 is 2.18 bits per heavy atom. The van der Waals surface area contributed by atoms with Gasteiger partial charge < -0.3 is 21.1 Å². The topological polar surface area (TPSA) is 160 Å². The number of aliphatic hydroxyl groups excluding tert-OH is 2. The number of nitrogens with one attached hydrogen (secondary N) is 1. The van der Waals surface area contributed by atoms with E-state index in [1.165, 1.54) is 13.8 Å². The summed E-state index contributed by atoms with van der Waals surface area (Å²) in [5.74, 6) is -3.65. The maximum absolute atomic E-state index is 13.0. The molecular formula is C21H29F3N4O5. The van der Waals surface area contributed by atoms with Crippen molar-refractivity contribution in [3.63, 3.8) is 0 Å². The highest BCUT2D eigenvalue weighted by molar-refractivity contribution is 5.90. The molecule has 9 nitrogen and oxygen atoms in total. The second-order valence-electron chi connectivity index (χ2n) is 7.82. The van der Waals surface area contributed by atoms with Gasteiger partial charge in [0.25, 0.3) is 0 Å². The minimum absolute atomic E-state index is 0.145. The third kappa shape index (κ3) is 7.31. The summed E-state index contributed by atoms with van der Waals surface area (Å²) < 4.78 is 38.9. The van der Waals surface area contributed by atoms with Crippen molar-refractivity contribution in [1.29, 1.82) is 5.26 Å². The van der Waals surface area contributed by atoms with Gasteiger partial charge in [0, 0.05) is 0 Å². The monoisotopic (exact) mass is 474 g/mol. The second-order valence-corrected chi connectivity index (χ2v) is 7.82. The number of aliphatic carboxylic acids is 1. The molecule has 0 radical (unpaired) electrons. The number of carbonyl (C=O) groups excluding carboxylic acids is 1. The van der Waals surface area contributed by atoms with Crippen LogP contribution in [0, 0.1) is 17.2 Å². The van der Waals surface area contributed by atoms with Crippen LogP contribution < -0.4 is 16.2 Å². The van der Waals surface area contributed by atoms with Gasteiger partial charge in [0.2, 0.25) is 11.4 Å². The van der Waals surface area contributed by atoms with E-state index in [0.717, 1.165) is 12.1 Å². The molecule has 0 spiro atoms. The molecule has 12 heteroatoms. The molecule has 0 aliphatic carbocycles. The Labute approximate surface area is 189 Å². The summed E-state index contributed by atoms with van der Waals surface area (Å²) in [4.78, 5) is 25.0. The molecule has 1 amide bonds. The summed E-state index contributed by atoms with van der Waals surface area (Å²) in [7, 11) is 0. The van der Waals surface area contributed by atoms with Crippen molar-refractivity contribution >= 4 is 17.6 Å². The number of nitrogens with zero attached hydrogens (tertiary/aromatic N) is 2. The van der Waals surface area contributed by atoms with Crippen LogP contribution in [0.3, 0.4) is 0 Å². The Morgan fingerprint density at radius 2 is 1.76 bits per heavy atom. The number of carbonyl (C=O) groups is 2. The number of hydrogen-bond acceptors (Lipinski definition) is 7. The van der Waals surface area contributed by atoms with Crippen molar-refractivity contribution in [2.45, 2.75) is 63.5 Å². The predicted molar refractivity (Wildman–Crippen MR) is 112 cm³/mol. The van der Waals surface area contributed by atoms with E-state index in [-0.39, 0.29) is 31.5 Å². The van der Waals surface area contributed by atoms with E-state index in [9.17, 15) is 43.3 Å². The van der Waals surface area contributed by atoms with Gasteiger partial charge in [-0.15, -0.1) is 0 Å². The van der Waals surface area contributed by atoms with Crippen LogP contribution in [0.25, 0.3) is 0 Å². The number of amides is 1. The number of aliphatic hydroxyl groups is 2. The van der Waals surface area contributed by atoms with Gasteiger partial charge in [-0.3, -0.25) is 15.2 Å². The first-order chi connectivity index (χ1) is 15.3. The first kappa shape index (κ1) is 28.2. The van der Waals surface area contributed by atoms with Gasteiger partial charge in [-0.05, 0) is 63.4 Å². The van der Waals surface area contributed by atoms with Crippen LogP contribution in [-0.4, -0.2) is 51.5 Å². The molecule has 0 bridgehead atoms. The van der Waals surface area contributed by atoms with Crippen LogP contribution in [-0.2, 0) is 15.8 Å². The van der Waals surface area contributed by atoms with Crippen LogP contribution in [0.1, 0.15) is 45.1 Å². The van der Waals surface area contributed by atoms with E-state index in [0.29, 0.717) is 23.6 Å². The number of nitriles is 1. The standard InChI is InChI=1S/C21H29F3N4O5/c1-13(29)11-17(30)14(2)18(31)27-28(16-7-5-15(6-8-16)21(22,23)24)20(12-26,19(32)33)9-3-4-10-25/h5-8,13-14,17,29-30H,3-4,9-11,25H2,1-2H3,(H,27,31)(H,32,33)/t13?,14?,17?,20-/m1/s1. The Hall–Kier alpha value is -2.88. The maximum atomic E-state index is 13.0. The number of rotatable bonds is 12. The Balaban J connectivity index is 3.45. The number of hydrogen-bond donors (Lipinski definition) is 5. The zero-order valence-corrected chi connectivity index (χ0v) is 18.3. The number of unbranched alkanes of at least 4 members (excludes halogenated alkanes) is 1. The van der Waals surface area contributed by atoms with Crippen LogP contribution in [0.15, 0.2) is 24.3 Å². The molecule has 184 valence electrons. The van der Waals surface area contributed by atoms with E-state index < -0.39 is 47.3 Å². The first-order valence-corrected chi connectivity index (χ1v) is 10.3. The highest BCUT2D eigenvalue weighted by Gasteiger charge is 2.47. The minimum atomic E-state index is -4.65. The van der Waals surface area contributed by atoms with Crippen molar-refractivity contribution in [3.05, 3.63) is 29.8 Å². The lowest BCUT2D eigenvalue weighted by Gasteiger charge is -2.38. The van der Waals surface area contributed by atoms with E-state index in [1.807, 2.05) is 0 Å². The smallest absolute Gasteiger partial charge is 0.416 e. The number of halogens is 3. The molecule has 0 aliphatic heterocycles. The molecule has 1 rings (SSSR count). The minimum Gasteiger partial charge on any atom is -0.479 e. The van der Waals surface area contributed by atoms with Crippen LogP contribution in [0.5, 0.6) is 0 Å². The molecule has 0 aliphatic rings. The summed E-state index contributed by atoms with van der Waals surface area (Å²) in [6.45, 7) is 2.96. The quantitative estimate of drug-likeness (QED) is 0.226. The largest absolute Gasteiger partial charge is 0.479 e.